The Hall–Kier alpha value is -0.840. The van der Waals surface area contributed by atoms with Gasteiger partial charge in [-0.25, -0.2) is 4.98 Å². The van der Waals surface area contributed by atoms with Gasteiger partial charge in [-0.2, -0.15) is 4.98 Å². The van der Waals surface area contributed by atoms with Crippen LogP contribution in [0, 0.1) is 5.92 Å². The van der Waals surface area contributed by atoms with E-state index >= 15 is 0 Å². The van der Waals surface area contributed by atoms with E-state index in [0.717, 1.165) is 36.1 Å². The summed E-state index contributed by atoms with van der Waals surface area (Å²) in [7, 11) is 3.94. The van der Waals surface area contributed by atoms with E-state index in [9.17, 15) is 0 Å². The minimum absolute atomic E-state index is 0.738. The van der Waals surface area contributed by atoms with Crippen molar-refractivity contribution in [1.29, 1.82) is 0 Å². The molecule has 0 saturated carbocycles. The van der Waals surface area contributed by atoms with Gasteiger partial charge in [0.2, 0.25) is 5.95 Å². The molecule has 1 saturated heterocycles. The van der Waals surface area contributed by atoms with Gasteiger partial charge in [0, 0.05) is 38.7 Å². The predicted molar refractivity (Wildman–Crippen MR) is 75.1 cm³/mol. The van der Waals surface area contributed by atoms with Crippen LogP contribution in [-0.4, -0.2) is 42.5 Å². The van der Waals surface area contributed by atoms with Crippen LogP contribution in [0.4, 0.5) is 11.8 Å². The summed E-state index contributed by atoms with van der Waals surface area (Å²) >= 11 is 3.58. The van der Waals surface area contributed by atoms with Crippen LogP contribution in [0.25, 0.3) is 0 Å². The third-order valence-electron chi connectivity index (χ3n) is 3.09. The Kier molecular flexibility index (Phi) is 4.20. The second kappa shape index (κ2) is 5.67. The fourth-order valence-corrected chi connectivity index (χ4v) is 2.66. The first kappa shape index (κ1) is 12.6. The SMILES string of the molecule is CN(C)c1nccc(N2CCCC(CBr)C2)n1. The zero-order valence-corrected chi connectivity index (χ0v) is 12.0. The summed E-state index contributed by atoms with van der Waals surface area (Å²) in [5, 5.41) is 1.08. The summed E-state index contributed by atoms with van der Waals surface area (Å²) in [6, 6.07) is 2.00. The van der Waals surface area contributed by atoms with Gasteiger partial charge in [0.05, 0.1) is 0 Å². The molecule has 0 spiro atoms. The highest BCUT2D eigenvalue weighted by molar-refractivity contribution is 9.09. The smallest absolute Gasteiger partial charge is 0.226 e. The van der Waals surface area contributed by atoms with Crippen LogP contribution >= 0.6 is 15.9 Å². The number of alkyl halides is 1. The fourth-order valence-electron chi connectivity index (χ4n) is 2.13. The van der Waals surface area contributed by atoms with Crippen molar-refractivity contribution in [3.63, 3.8) is 0 Å². The van der Waals surface area contributed by atoms with Gasteiger partial charge in [0.25, 0.3) is 0 Å². The molecule has 0 bridgehead atoms. The van der Waals surface area contributed by atoms with Gasteiger partial charge < -0.3 is 9.80 Å². The van der Waals surface area contributed by atoms with Crippen LogP contribution in [0.15, 0.2) is 12.3 Å². The molecule has 0 N–H and O–H groups in total. The van der Waals surface area contributed by atoms with E-state index in [2.05, 4.69) is 30.8 Å². The maximum Gasteiger partial charge on any atom is 0.226 e. The lowest BCUT2D eigenvalue weighted by Gasteiger charge is -2.33. The lowest BCUT2D eigenvalue weighted by atomic mass is 10.0. The first-order valence-corrected chi connectivity index (χ1v) is 7.14. The van der Waals surface area contributed by atoms with E-state index in [1.807, 2.05) is 31.3 Å². The molecule has 4 nitrogen and oxygen atoms in total. The number of hydrogen-bond donors (Lipinski definition) is 0. The summed E-state index contributed by atoms with van der Waals surface area (Å²) in [6.07, 6.45) is 4.40. The van der Waals surface area contributed by atoms with E-state index in [-0.39, 0.29) is 0 Å². The van der Waals surface area contributed by atoms with Gasteiger partial charge >= 0.3 is 0 Å². The molecule has 94 valence electrons. The largest absolute Gasteiger partial charge is 0.356 e. The maximum atomic E-state index is 4.59. The number of nitrogens with zero attached hydrogens (tertiary/aromatic N) is 4. The average molecular weight is 299 g/mol. The van der Waals surface area contributed by atoms with Gasteiger partial charge in [0.15, 0.2) is 0 Å². The van der Waals surface area contributed by atoms with E-state index in [4.69, 9.17) is 0 Å². The quantitative estimate of drug-likeness (QED) is 0.801. The molecule has 1 aliphatic heterocycles. The highest BCUT2D eigenvalue weighted by Gasteiger charge is 2.20. The molecular weight excluding hydrogens is 280 g/mol. The lowest BCUT2D eigenvalue weighted by Crippen LogP contribution is -2.36. The van der Waals surface area contributed by atoms with Crippen molar-refractivity contribution in [2.75, 3.05) is 42.3 Å². The zero-order chi connectivity index (χ0) is 12.3. The monoisotopic (exact) mass is 298 g/mol. The molecule has 0 aliphatic carbocycles. The van der Waals surface area contributed by atoms with Crippen molar-refractivity contribution in [3.05, 3.63) is 12.3 Å². The molecule has 5 heteroatoms. The van der Waals surface area contributed by atoms with Crippen LogP contribution in [0.2, 0.25) is 0 Å². The predicted octanol–water partition coefficient (Wildman–Crippen LogP) is 2.15. The van der Waals surface area contributed by atoms with Crippen molar-refractivity contribution in [2.45, 2.75) is 12.8 Å². The Bertz CT molecular complexity index is 369. The lowest BCUT2D eigenvalue weighted by molar-refractivity contribution is 0.452. The number of hydrogen-bond acceptors (Lipinski definition) is 4. The maximum absolute atomic E-state index is 4.59. The van der Waals surface area contributed by atoms with E-state index in [1.54, 1.807) is 0 Å². The molecule has 1 aliphatic rings. The molecule has 1 atom stereocenters. The third kappa shape index (κ3) is 3.09. The number of anilines is 2. The molecule has 1 unspecified atom stereocenters. The van der Waals surface area contributed by atoms with Crippen molar-refractivity contribution in [1.82, 2.24) is 9.97 Å². The van der Waals surface area contributed by atoms with Crippen LogP contribution < -0.4 is 9.80 Å². The molecule has 2 rings (SSSR count). The van der Waals surface area contributed by atoms with E-state index < -0.39 is 0 Å². The van der Waals surface area contributed by atoms with Gasteiger partial charge in [-0.3, -0.25) is 0 Å². The highest BCUT2D eigenvalue weighted by Crippen LogP contribution is 2.23. The molecule has 0 aromatic carbocycles. The van der Waals surface area contributed by atoms with E-state index in [0.29, 0.717) is 0 Å². The summed E-state index contributed by atoms with van der Waals surface area (Å²) in [5.41, 5.74) is 0. The van der Waals surface area contributed by atoms with Gasteiger partial charge in [-0.1, -0.05) is 15.9 Å². The number of piperidine rings is 1. The Labute approximate surface area is 111 Å². The van der Waals surface area contributed by atoms with Crippen LogP contribution in [0.5, 0.6) is 0 Å². The minimum Gasteiger partial charge on any atom is -0.356 e. The number of rotatable bonds is 3. The van der Waals surface area contributed by atoms with Crippen LogP contribution in [0.1, 0.15) is 12.8 Å². The molecule has 0 radical (unpaired) electrons. The molecule has 1 aromatic heterocycles. The number of halogens is 1. The Balaban J connectivity index is 2.13. The van der Waals surface area contributed by atoms with Crippen molar-refractivity contribution < 1.29 is 0 Å². The standard InChI is InChI=1S/C12H19BrN4/c1-16(2)12-14-6-5-11(15-12)17-7-3-4-10(8-13)9-17/h5-6,10H,3-4,7-9H2,1-2H3. The molecule has 1 fully saturated rings. The Morgan fingerprint density at radius 3 is 3.06 bits per heavy atom. The Morgan fingerprint density at radius 1 is 1.53 bits per heavy atom. The van der Waals surface area contributed by atoms with E-state index in [1.165, 1.54) is 12.8 Å². The summed E-state index contributed by atoms with van der Waals surface area (Å²) in [6.45, 7) is 2.20. The molecule has 1 aromatic rings. The number of aromatic nitrogens is 2. The highest BCUT2D eigenvalue weighted by atomic mass is 79.9. The van der Waals surface area contributed by atoms with Crippen molar-refractivity contribution in [3.8, 4) is 0 Å². The van der Waals surface area contributed by atoms with Gasteiger partial charge in [0.1, 0.15) is 5.82 Å². The van der Waals surface area contributed by atoms with Crippen LogP contribution in [-0.2, 0) is 0 Å². The fraction of sp³-hybridized carbons (Fsp3) is 0.667. The van der Waals surface area contributed by atoms with Crippen LogP contribution in [0.3, 0.4) is 0 Å². The summed E-state index contributed by atoms with van der Waals surface area (Å²) in [4.78, 5) is 13.1. The average Bonchev–Trinajstić information content (AvgIpc) is 2.39. The third-order valence-corrected chi connectivity index (χ3v) is 4.01. The minimum atomic E-state index is 0.738. The second-order valence-electron chi connectivity index (χ2n) is 4.72. The second-order valence-corrected chi connectivity index (χ2v) is 5.37. The Morgan fingerprint density at radius 2 is 2.35 bits per heavy atom. The molecule has 17 heavy (non-hydrogen) atoms. The first-order chi connectivity index (χ1) is 8.20. The first-order valence-electron chi connectivity index (χ1n) is 6.02. The summed E-state index contributed by atoms with van der Waals surface area (Å²) < 4.78 is 0. The normalized spacial score (nSPS) is 20.4. The van der Waals surface area contributed by atoms with Crippen molar-refractivity contribution in [2.24, 2.45) is 5.92 Å². The van der Waals surface area contributed by atoms with Gasteiger partial charge in [-0.15, -0.1) is 0 Å². The topological polar surface area (TPSA) is 32.3 Å². The molecular formula is C12H19BrN4. The van der Waals surface area contributed by atoms with Crippen molar-refractivity contribution >= 4 is 27.7 Å². The molecule has 0 amide bonds. The molecule has 2 heterocycles. The zero-order valence-electron chi connectivity index (χ0n) is 10.4. The summed E-state index contributed by atoms with van der Waals surface area (Å²) in [5.74, 6) is 2.57. The van der Waals surface area contributed by atoms with Gasteiger partial charge in [-0.05, 0) is 24.8 Å².